The Morgan fingerprint density at radius 3 is 2.60 bits per heavy atom. The van der Waals surface area contributed by atoms with Gasteiger partial charge >= 0.3 is 0 Å². The van der Waals surface area contributed by atoms with Crippen LogP contribution in [0.5, 0.6) is 11.5 Å². The number of nitrogens with one attached hydrogen (secondary N) is 1. The second-order valence-corrected chi connectivity index (χ2v) is 7.87. The summed E-state index contributed by atoms with van der Waals surface area (Å²) in [4.78, 5) is 17.0. The lowest BCUT2D eigenvalue weighted by Gasteiger charge is -2.07. The summed E-state index contributed by atoms with van der Waals surface area (Å²) < 4.78 is 6.82. The first-order valence-electron chi connectivity index (χ1n) is 7.08. The van der Waals surface area contributed by atoms with Crippen LogP contribution in [0.4, 0.5) is 5.69 Å². The van der Waals surface area contributed by atoms with Crippen molar-refractivity contribution in [2.75, 3.05) is 7.11 Å². The number of phenols is 1. The van der Waals surface area contributed by atoms with Gasteiger partial charge in [0.2, 0.25) is 0 Å². The smallest absolute Gasteiger partial charge is 0.264 e. The predicted molar refractivity (Wildman–Crippen MR) is 107 cm³/mol. The third kappa shape index (κ3) is 4.26. The zero-order valence-electron chi connectivity index (χ0n) is 12.9. The first-order chi connectivity index (χ1) is 12.0. The van der Waals surface area contributed by atoms with Crippen LogP contribution >= 0.6 is 43.6 Å². The predicted octanol–water partition coefficient (Wildman–Crippen LogP) is 4.82. The molecule has 0 aromatic heterocycles. The Kier molecular flexibility index (Phi) is 5.51. The second kappa shape index (κ2) is 7.63. The minimum Gasteiger partial charge on any atom is -0.504 e. The zero-order chi connectivity index (χ0) is 18.0. The molecule has 0 bridgehead atoms. The van der Waals surface area contributed by atoms with Gasteiger partial charge in [0.1, 0.15) is 0 Å². The van der Waals surface area contributed by atoms with Crippen molar-refractivity contribution in [1.29, 1.82) is 0 Å². The van der Waals surface area contributed by atoms with Gasteiger partial charge in [-0.2, -0.15) is 0 Å². The van der Waals surface area contributed by atoms with Crippen molar-refractivity contribution in [2.45, 2.75) is 0 Å². The number of rotatable bonds is 3. The first kappa shape index (κ1) is 18.0. The van der Waals surface area contributed by atoms with Crippen LogP contribution in [0.25, 0.3) is 6.08 Å². The maximum atomic E-state index is 12.2. The largest absolute Gasteiger partial charge is 0.504 e. The lowest BCUT2D eigenvalue weighted by molar-refractivity contribution is -0.115. The molecule has 0 aliphatic carbocycles. The van der Waals surface area contributed by atoms with Crippen molar-refractivity contribution in [1.82, 2.24) is 5.32 Å². The van der Waals surface area contributed by atoms with Crippen molar-refractivity contribution in [2.24, 2.45) is 4.99 Å². The number of nitrogens with zero attached hydrogens (tertiary/aromatic N) is 1. The molecule has 0 saturated carbocycles. The molecule has 1 aliphatic heterocycles. The maximum Gasteiger partial charge on any atom is 0.264 e. The van der Waals surface area contributed by atoms with E-state index in [1.807, 2.05) is 24.3 Å². The summed E-state index contributed by atoms with van der Waals surface area (Å²) in [5, 5.41) is 13.4. The molecule has 2 aromatic carbocycles. The van der Waals surface area contributed by atoms with Crippen LogP contribution in [0.2, 0.25) is 0 Å². The van der Waals surface area contributed by atoms with Gasteiger partial charge in [0.15, 0.2) is 16.7 Å². The fourth-order valence-electron chi connectivity index (χ4n) is 2.11. The third-order valence-corrected chi connectivity index (χ3v) is 5.18. The molecule has 2 N–H and O–H groups in total. The number of amides is 1. The van der Waals surface area contributed by atoms with Gasteiger partial charge in [-0.3, -0.25) is 4.79 Å². The molecule has 8 heteroatoms. The van der Waals surface area contributed by atoms with E-state index in [2.05, 4.69) is 42.2 Å². The van der Waals surface area contributed by atoms with Crippen LogP contribution in [0.3, 0.4) is 0 Å². The van der Waals surface area contributed by atoms with Crippen LogP contribution in [-0.4, -0.2) is 23.3 Å². The Morgan fingerprint density at radius 1 is 1.20 bits per heavy atom. The highest BCUT2D eigenvalue weighted by Crippen LogP contribution is 2.37. The van der Waals surface area contributed by atoms with E-state index in [9.17, 15) is 9.90 Å². The summed E-state index contributed by atoms with van der Waals surface area (Å²) in [5.41, 5.74) is 1.22. The molecule has 1 fully saturated rings. The maximum absolute atomic E-state index is 12.2. The van der Waals surface area contributed by atoms with Gasteiger partial charge in [0, 0.05) is 14.5 Å². The summed E-state index contributed by atoms with van der Waals surface area (Å²) in [5.74, 6) is 0.0393. The number of amidine groups is 1. The fraction of sp³-hybridized carbons (Fsp3) is 0.0588. The average molecular weight is 484 g/mol. The number of hydrogen-bond donors (Lipinski definition) is 2. The lowest BCUT2D eigenvalue weighted by atomic mass is 10.1. The Labute approximate surface area is 165 Å². The highest BCUT2D eigenvalue weighted by Gasteiger charge is 2.24. The fourth-order valence-corrected chi connectivity index (χ4v) is 3.67. The van der Waals surface area contributed by atoms with E-state index in [0.29, 0.717) is 21.4 Å². The highest BCUT2D eigenvalue weighted by atomic mass is 79.9. The molecule has 1 aliphatic rings. The minimum absolute atomic E-state index is 0.0232. The summed E-state index contributed by atoms with van der Waals surface area (Å²) in [6, 6.07) is 10.8. The molecule has 0 unspecified atom stereocenters. The van der Waals surface area contributed by atoms with E-state index < -0.39 is 0 Å². The Balaban J connectivity index is 1.89. The minimum atomic E-state index is -0.265. The topological polar surface area (TPSA) is 70.9 Å². The van der Waals surface area contributed by atoms with Crippen LogP contribution in [0.1, 0.15) is 5.56 Å². The molecule has 2 aromatic rings. The Hall–Kier alpha value is -1.77. The molecule has 5 nitrogen and oxygen atoms in total. The van der Waals surface area contributed by atoms with Gasteiger partial charge in [-0.25, -0.2) is 4.99 Å². The lowest BCUT2D eigenvalue weighted by Crippen LogP contribution is -2.19. The molecular weight excluding hydrogens is 472 g/mol. The van der Waals surface area contributed by atoms with Crippen LogP contribution in [0.15, 0.2) is 55.2 Å². The number of thioether (sulfide) groups is 1. The number of aromatic hydroxyl groups is 1. The number of carbonyl (C=O) groups is 1. The molecular formula is C17H12Br2N2O3S. The normalized spacial score (nSPS) is 17.2. The Morgan fingerprint density at radius 2 is 1.92 bits per heavy atom. The molecule has 0 spiro atoms. The van der Waals surface area contributed by atoms with E-state index in [0.717, 1.165) is 14.6 Å². The number of methoxy groups -OCH3 is 1. The SMILES string of the molecule is COc1cc(Br)cc(/C=C2\SC(=Nc3ccc(Br)cc3)NC2=O)c1O. The van der Waals surface area contributed by atoms with E-state index in [-0.39, 0.29) is 11.7 Å². The summed E-state index contributed by atoms with van der Waals surface area (Å²) >= 11 is 7.94. The van der Waals surface area contributed by atoms with E-state index >= 15 is 0 Å². The molecule has 25 heavy (non-hydrogen) atoms. The first-order valence-corrected chi connectivity index (χ1v) is 9.48. The van der Waals surface area contributed by atoms with Crippen molar-refractivity contribution >= 4 is 66.5 Å². The van der Waals surface area contributed by atoms with Gasteiger partial charge in [-0.15, -0.1) is 0 Å². The van der Waals surface area contributed by atoms with Gasteiger partial charge in [0.25, 0.3) is 5.91 Å². The number of benzene rings is 2. The standard InChI is InChI=1S/C17H12Br2N2O3S/c1-24-13-8-11(19)6-9(15(13)22)7-14-16(23)21-17(25-14)20-12-4-2-10(18)3-5-12/h2-8,22H,1H3,(H,20,21,23)/b14-7-. The summed E-state index contributed by atoms with van der Waals surface area (Å²) in [6.07, 6.45) is 1.60. The molecule has 1 amide bonds. The Bertz CT molecular complexity index is 896. The highest BCUT2D eigenvalue weighted by molar-refractivity contribution is 9.10. The van der Waals surface area contributed by atoms with Crippen molar-refractivity contribution in [3.63, 3.8) is 0 Å². The number of phenolic OH excluding ortho intramolecular Hbond substituents is 1. The van der Waals surface area contributed by atoms with Gasteiger partial charge in [-0.1, -0.05) is 31.9 Å². The van der Waals surface area contributed by atoms with Crippen LogP contribution in [-0.2, 0) is 4.79 Å². The molecule has 3 rings (SSSR count). The molecule has 1 heterocycles. The van der Waals surface area contributed by atoms with Crippen molar-refractivity contribution < 1.29 is 14.6 Å². The molecule has 1 saturated heterocycles. The summed E-state index contributed by atoms with van der Waals surface area (Å²) in [6.45, 7) is 0. The average Bonchev–Trinajstić information content (AvgIpc) is 2.92. The van der Waals surface area contributed by atoms with Crippen LogP contribution < -0.4 is 10.1 Å². The molecule has 0 atom stereocenters. The molecule has 128 valence electrons. The zero-order valence-corrected chi connectivity index (χ0v) is 16.9. The van der Waals surface area contributed by atoms with E-state index in [4.69, 9.17) is 4.74 Å². The third-order valence-electron chi connectivity index (χ3n) is 3.28. The van der Waals surface area contributed by atoms with E-state index in [1.54, 1.807) is 18.2 Å². The number of aliphatic imine (C=N–C) groups is 1. The number of carbonyl (C=O) groups excluding carboxylic acids is 1. The monoisotopic (exact) mass is 482 g/mol. The van der Waals surface area contributed by atoms with Gasteiger partial charge in [-0.05, 0) is 54.2 Å². The van der Waals surface area contributed by atoms with Crippen LogP contribution in [0, 0.1) is 0 Å². The number of hydrogen-bond acceptors (Lipinski definition) is 5. The van der Waals surface area contributed by atoms with E-state index in [1.165, 1.54) is 18.9 Å². The number of halogens is 2. The van der Waals surface area contributed by atoms with Gasteiger partial charge in [0.05, 0.1) is 17.7 Å². The van der Waals surface area contributed by atoms with Gasteiger partial charge < -0.3 is 15.2 Å². The van der Waals surface area contributed by atoms with Crippen molar-refractivity contribution in [3.05, 3.63) is 55.8 Å². The quantitative estimate of drug-likeness (QED) is 0.614. The molecule has 0 radical (unpaired) electrons. The second-order valence-electron chi connectivity index (χ2n) is 5.00. The number of ether oxygens (including phenoxy) is 1. The summed E-state index contributed by atoms with van der Waals surface area (Å²) in [7, 11) is 1.47. The van der Waals surface area contributed by atoms with Crippen molar-refractivity contribution in [3.8, 4) is 11.5 Å².